The van der Waals surface area contributed by atoms with E-state index in [2.05, 4.69) is 0 Å². The van der Waals surface area contributed by atoms with E-state index in [9.17, 15) is 14.7 Å². The number of likely N-dealkylation sites (tertiary alicyclic amines) is 1. The minimum atomic E-state index is -0.760. The zero-order valence-electron chi connectivity index (χ0n) is 12.1. The summed E-state index contributed by atoms with van der Waals surface area (Å²) in [5.41, 5.74) is -0.742. The summed E-state index contributed by atoms with van der Waals surface area (Å²) in [7, 11) is 0. The van der Waals surface area contributed by atoms with E-state index >= 15 is 0 Å². The topological polar surface area (TPSA) is 60.9 Å². The normalized spacial score (nSPS) is 28.1. The average molecular weight is 300 g/mol. The fourth-order valence-corrected chi connectivity index (χ4v) is 3.93. The van der Waals surface area contributed by atoms with Crippen molar-refractivity contribution in [1.29, 1.82) is 0 Å². The summed E-state index contributed by atoms with van der Waals surface area (Å²) in [6.07, 6.45) is 3.08. The molecule has 0 radical (unpaired) electrons. The molecule has 2 saturated heterocycles. The second-order valence-corrected chi connectivity index (χ2v) is 6.92. The molecular weight excluding hydrogens is 276 g/mol. The van der Waals surface area contributed by atoms with E-state index in [4.69, 9.17) is 0 Å². The van der Waals surface area contributed by atoms with E-state index < -0.39 is 11.4 Å². The number of carbonyl (C=O) groups excluding carboxylic acids is 1. The number of thioether (sulfide) groups is 1. The number of urea groups is 1. The van der Waals surface area contributed by atoms with Gasteiger partial charge < -0.3 is 14.9 Å². The third kappa shape index (κ3) is 3.22. The molecule has 2 fully saturated rings. The number of carboxylic acid groups (broad SMARTS) is 1. The minimum absolute atomic E-state index is 0.0336. The van der Waals surface area contributed by atoms with Crippen LogP contribution >= 0.6 is 11.8 Å². The van der Waals surface area contributed by atoms with Crippen molar-refractivity contribution >= 4 is 23.8 Å². The molecule has 0 aromatic heterocycles. The predicted molar refractivity (Wildman–Crippen MR) is 80.1 cm³/mol. The second-order valence-electron chi connectivity index (χ2n) is 5.70. The van der Waals surface area contributed by atoms with Crippen molar-refractivity contribution in [2.24, 2.45) is 5.41 Å². The summed E-state index contributed by atoms with van der Waals surface area (Å²) in [5.74, 6) is 1.33. The molecule has 1 unspecified atom stereocenters. The van der Waals surface area contributed by atoms with Gasteiger partial charge in [-0.25, -0.2) is 4.79 Å². The van der Waals surface area contributed by atoms with Crippen LogP contribution in [0.1, 0.15) is 32.6 Å². The molecule has 2 aliphatic heterocycles. The Hall–Kier alpha value is -0.910. The first-order valence-electron chi connectivity index (χ1n) is 7.44. The molecule has 2 aliphatic rings. The van der Waals surface area contributed by atoms with Crippen LogP contribution in [0.15, 0.2) is 0 Å². The number of nitrogens with zero attached hydrogens (tertiary/aromatic N) is 2. The highest BCUT2D eigenvalue weighted by molar-refractivity contribution is 7.99. The molecule has 0 aromatic rings. The minimum Gasteiger partial charge on any atom is -0.481 e. The molecule has 1 N–H and O–H groups in total. The number of amides is 2. The molecule has 2 heterocycles. The summed E-state index contributed by atoms with van der Waals surface area (Å²) < 4.78 is 0. The first kappa shape index (κ1) is 15.5. The Labute approximate surface area is 124 Å². The van der Waals surface area contributed by atoms with Crippen LogP contribution in [0.25, 0.3) is 0 Å². The van der Waals surface area contributed by atoms with Crippen molar-refractivity contribution in [3.63, 3.8) is 0 Å². The van der Waals surface area contributed by atoms with Crippen LogP contribution in [0.5, 0.6) is 0 Å². The Balaban J connectivity index is 2.04. The Kier molecular flexibility index (Phi) is 5.18. The lowest BCUT2D eigenvalue weighted by Gasteiger charge is -2.41. The molecule has 0 saturated carbocycles. The van der Waals surface area contributed by atoms with Gasteiger partial charge in [-0.3, -0.25) is 4.79 Å². The molecule has 0 aromatic carbocycles. The number of carboxylic acids is 1. The van der Waals surface area contributed by atoms with E-state index in [1.54, 1.807) is 4.90 Å². The molecule has 20 heavy (non-hydrogen) atoms. The zero-order valence-corrected chi connectivity index (χ0v) is 13.0. The van der Waals surface area contributed by atoms with E-state index in [1.165, 1.54) is 0 Å². The van der Waals surface area contributed by atoms with Crippen molar-refractivity contribution in [1.82, 2.24) is 9.80 Å². The number of carbonyl (C=O) groups is 2. The van der Waals surface area contributed by atoms with Gasteiger partial charge in [-0.1, -0.05) is 6.92 Å². The summed E-state index contributed by atoms with van der Waals surface area (Å²) >= 11 is 1.89. The number of rotatable bonds is 2. The lowest BCUT2D eigenvalue weighted by Crippen LogP contribution is -2.53. The fourth-order valence-electron chi connectivity index (χ4n) is 3.05. The summed E-state index contributed by atoms with van der Waals surface area (Å²) in [6, 6.07) is 0.0336. The molecule has 6 heteroatoms. The highest BCUT2D eigenvalue weighted by Gasteiger charge is 2.42. The molecule has 2 amide bonds. The number of hydrogen-bond donors (Lipinski definition) is 1. The largest absolute Gasteiger partial charge is 0.481 e. The molecular formula is C14H24N2O3S. The van der Waals surface area contributed by atoms with Gasteiger partial charge in [0.05, 0.1) is 5.41 Å². The van der Waals surface area contributed by atoms with Crippen LogP contribution in [-0.2, 0) is 4.79 Å². The van der Waals surface area contributed by atoms with Crippen LogP contribution < -0.4 is 0 Å². The lowest BCUT2D eigenvalue weighted by atomic mass is 9.78. The van der Waals surface area contributed by atoms with Gasteiger partial charge in [-0.15, -0.1) is 0 Å². The van der Waals surface area contributed by atoms with E-state index in [-0.39, 0.29) is 6.03 Å². The standard InChI is InChI=1S/C14H24N2O3S/c1-2-14(12(17)18)5-3-6-16(11-14)13(19)15-7-4-9-20-10-8-15/h2-11H2,1H3,(H,17,18). The molecule has 2 rings (SSSR count). The SMILES string of the molecule is CCC1(C(=O)O)CCCN(C(=O)N2CCCSCC2)C1. The van der Waals surface area contributed by atoms with Gasteiger partial charge in [-0.2, -0.15) is 11.8 Å². The van der Waals surface area contributed by atoms with Gasteiger partial charge in [0, 0.05) is 31.9 Å². The first-order valence-corrected chi connectivity index (χ1v) is 8.59. The third-order valence-electron chi connectivity index (χ3n) is 4.47. The van der Waals surface area contributed by atoms with Crippen LogP contribution in [0.2, 0.25) is 0 Å². The molecule has 0 aliphatic carbocycles. The lowest BCUT2D eigenvalue weighted by molar-refractivity contribution is -0.152. The Bertz CT molecular complexity index is 369. The van der Waals surface area contributed by atoms with Crippen LogP contribution in [0, 0.1) is 5.41 Å². The quantitative estimate of drug-likeness (QED) is 0.848. The molecule has 0 bridgehead atoms. The maximum Gasteiger partial charge on any atom is 0.320 e. The Morgan fingerprint density at radius 1 is 1.15 bits per heavy atom. The molecule has 114 valence electrons. The predicted octanol–water partition coefficient (Wildman–Crippen LogP) is 2.12. The first-order chi connectivity index (χ1) is 9.59. The van der Waals surface area contributed by atoms with Crippen molar-refractivity contribution in [3.8, 4) is 0 Å². The molecule has 1 atom stereocenters. The van der Waals surface area contributed by atoms with Crippen molar-refractivity contribution in [3.05, 3.63) is 0 Å². The summed E-state index contributed by atoms with van der Waals surface area (Å²) in [6.45, 7) is 4.55. The van der Waals surface area contributed by atoms with Gasteiger partial charge in [0.15, 0.2) is 0 Å². The maximum atomic E-state index is 12.6. The fraction of sp³-hybridized carbons (Fsp3) is 0.857. The van der Waals surface area contributed by atoms with Gasteiger partial charge in [0.2, 0.25) is 0 Å². The van der Waals surface area contributed by atoms with Gasteiger partial charge >= 0.3 is 12.0 Å². The highest BCUT2D eigenvalue weighted by atomic mass is 32.2. The zero-order chi connectivity index (χ0) is 14.6. The Morgan fingerprint density at radius 2 is 1.90 bits per heavy atom. The number of aliphatic carboxylic acids is 1. The second kappa shape index (κ2) is 6.70. The number of hydrogen-bond acceptors (Lipinski definition) is 3. The van der Waals surface area contributed by atoms with Gasteiger partial charge in [-0.05, 0) is 31.4 Å². The number of piperidine rings is 1. The van der Waals surface area contributed by atoms with Crippen LogP contribution in [0.3, 0.4) is 0 Å². The third-order valence-corrected chi connectivity index (χ3v) is 5.52. The monoisotopic (exact) mass is 300 g/mol. The van der Waals surface area contributed by atoms with Crippen LogP contribution in [-0.4, -0.2) is 64.6 Å². The highest BCUT2D eigenvalue weighted by Crippen LogP contribution is 2.34. The Morgan fingerprint density at radius 3 is 2.60 bits per heavy atom. The summed E-state index contributed by atoms with van der Waals surface area (Å²) in [4.78, 5) is 27.8. The maximum absolute atomic E-state index is 12.6. The smallest absolute Gasteiger partial charge is 0.320 e. The molecule has 0 spiro atoms. The van der Waals surface area contributed by atoms with Crippen molar-refractivity contribution < 1.29 is 14.7 Å². The summed E-state index contributed by atoms with van der Waals surface area (Å²) in [5, 5.41) is 9.49. The van der Waals surface area contributed by atoms with Gasteiger partial charge in [0.1, 0.15) is 0 Å². The van der Waals surface area contributed by atoms with Crippen molar-refractivity contribution in [2.75, 3.05) is 37.7 Å². The molecule has 5 nitrogen and oxygen atoms in total. The van der Waals surface area contributed by atoms with Crippen molar-refractivity contribution in [2.45, 2.75) is 32.6 Å². The average Bonchev–Trinajstić information content (AvgIpc) is 2.75. The van der Waals surface area contributed by atoms with E-state index in [0.717, 1.165) is 37.4 Å². The van der Waals surface area contributed by atoms with Gasteiger partial charge in [0.25, 0.3) is 0 Å². The van der Waals surface area contributed by atoms with E-state index in [1.807, 2.05) is 23.6 Å². The van der Waals surface area contributed by atoms with Crippen LogP contribution in [0.4, 0.5) is 4.79 Å². The van der Waals surface area contributed by atoms with E-state index in [0.29, 0.717) is 25.9 Å².